The molecule has 0 fully saturated rings. The van der Waals surface area contributed by atoms with Crippen molar-refractivity contribution in [3.63, 3.8) is 0 Å². The summed E-state index contributed by atoms with van der Waals surface area (Å²) in [6, 6.07) is 11.8. The van der Waals surface area contributed by atoms with Gasteiger partial charge in [0.1, 0.15) is 16.5 Å². The molecule has 0 unspecified atom stereocenters. The molecular weight excluding hydrogens is 254 g/mol. The lowest BCUT2D eigenvalue weighted by molar-refractivity contribution is 0.481. The van der Waals surface area contributed by atoms with Crippen LogP contribution in [0.1, 0.15) is 22.3 Å². The molecule has 0 amide bonds. The Balaban J connectivity index is 2.26. The predicted octanol–water partition coefficient (Wildman–Crippen LogP) is 4.04. The van der Waals surface area contributed by atoms with Crippen molar-refractivity contribution in [2.24, 2.45) is 5.73 Å². The summed E-state index contributed by atoms with van der Waals surface area (Å²) in [6.07, 6.45) is 0. The van der Waals surface area contributed by atoms with Crippen LogP contribution in [0.3, 0.4) is 0 Å². The van der Waals surface area contributed by atoms with E-state index in [2.05, 4.69) is 19.9 Å². The number of rotatable bonds is 3. The van der Waals surface area contributed by atoms with Crippen LogP contribution in [0, 0.1) is 20.8 Å². The molecule has 2 aromatic rings. The van der Waals surface area contributed by atoms with Crippen molar-refractivity contribution in [2.45, 2.75) is 20.8 Å². The van der Waals surface area contributed by atoms with Gasteiger partial charge in [-0.1, -0.05) is 18.3 Å². The van der Waals surface area contributed by atoms with Gasteiger partial charge in [-0.05, 0) is 67.8 Å². The molecular formula is C16H17NOS. The van der Waals surface area contributed by atoms with Gasteiger partial charge in [0, 0.05) is 5.56 Å². The summed E-state index contributed by atoms with van der Waals surface area (Å²) in [5.74, 6) is 1.63. The van der Waals surface area contributed by atoms with Gasteiger partial charge in [0.2, 0.25) is 0 Å². The van der Waals surface area contributed by atoms with E-state index in [1.807, 2.05) is 37.3 Å². The summed E-state index contributed by atoms with van der Waals surface area (Å²) in [5, 5.41) is 0. The first-order chi connectivity index (χ1) is 8.97. The minimum Gasteiger partial charge on any atom is -0.457 e. The quantitative estimate of drug-likeness (QED) is 0.856. The van der Waals surface area contributed by atoms with E-state index < -0.39 is 0 Å². The van der Waals surface area contributed by atoms with Crippen molar-refractivity contribution in [1.29, 1.82) is 0 Å². The van der Waals surface area contributed by atoms with Crippen LogP contribution >= 0.6 is 12.2 Å². The fourth-order valence-electron chi connectivity index (χ4n) is 1.89. The van der Waals surface area contributed by atoms with Crippen LogP contribution in [0.2, 0.25) is 0 Å². The van der Waals surface area contributed by atoms with E-state index in [4.69, 9.17) is 22.7 Å². The zero-order valence-corrected chi connectivity index (χ0v) is 12.2. The summed E-state index contributed by atoms with van der Waals surface area (Å²) in [7, 11) is 0. The number of ether oxygens (including phenoxy) is 1. The SMILES string of the molecule is Cc1ccc(Oc2ccc(C(N)=S)c(C)c2)cc1C. The molecule has 2 N–H and O–H groups in total. The Morgan fingerprint density at radius 3 is 2.00 bits per heavy atom. The molecule has 0 radical (unpaired) electrons. The Hall–Kier alpha value is -1.87. The Bertz CT molecular complexity index is 635. The maximum atomic E-state index is 5.85. The molecule has 0 aliphatic carbocycles. The van der Waals surface area contributed by atoms with Gasteiger partial charge in [-0.15, -0.1) is 0 Å². The van der Waals surface area contributed by atoms with Crippen molar-refractivity contribution >= 4 is 17.2 Å². The molecule has 0 saturated carbocycles. The molecule has 3 heteroatoms. The third-order valence-corrected chi connectivity index (χ3v) is 3.40. The lowest BCUT2D eigenvalue weighted by Gasteiger charge is -2.10. The van der Waals surface area contributed by atoms with Crippen LogP contribution in [-0.4, -0.2) is 4.99 Å². The van der Waals surface area contributed by atoms with Gasteiger partial charge in [-0.2, -0.15) is 0 Å². The van der Waals surface area contributed by atoms with Crippen LogP contribution in [-0.2, 0) is 0 Å². The summed E-state index contributed by atoms with van der Waals surface area (Å²) in [4.78, 5) is 0.412. The van der Waals surface area contributed by atoms with Crippen LogP contribution in [0.5, 0.6) is 11.5 Å². The lowest BCUT2D eigenvalue weighted by Crippen LogP contribution is -2.10. The highest BCUT2D eigenvalue weighted by Gasteiger charge is 2.04. The molecule has 2 rings (SSSR count). The molecule has 0 atom stereocenters. The smallest absolute Gasteiger partial charge is 0.127 e. The van der Waals surface area contributed by atoms with Crippen LogP contribution in [0.25, 0.3) is 0 Å². The van der Waals surface area contributed by atoms with Gasteiger partial charge in [0.05, 0.1) is 0 Å². The molecule has 0 aromatic heterocycles. The van der Waals surface area contributed by atoms with E-state index in [1.165, 1.54) is 11.1 Å². The first-order valence-corrected chi connectivity index (χ1v) is 6.54. The highest BCUT2D eigenvalue weighted by Crippen LogP contribution is 2.25. The lowest BCUT2D eigenvalue weighted by atomic mass is 10.1. The van der Waals surface area contributed by atoms with Crippen molar-refractivity contribution in [1.82, 2.24) is 0 Å². The molecule has 2 aromatic carbocycles. The highest BCUT2D eigenvalue weighted by atomic mass is 32.1. The first-order valence-electron chi connectivity index (χ1n) is 6.13. The molecule has 2 nitrogen and oxygen atoms in total. The summed E-state index contributed by atoms with van der Waals surface area (Å²) >= 11 is 4.99. The maximum Gasteiger partial charge on any atom is 0.127 e. The third-order valence-electron chi connectivity index (χ3n) is 3.18. The van der Waals surface area contributed by atoms with E-state index in [9.17, 15) is 0 Å². The van der Waals surface area contributed by atoms with Gasteiger partial charge >= 0.3 is 0 Å². The molecule has 0 aliphatic rings. The van der Waals surface area contributed by atoms with E-state index >= 15 is 0 Å². The average molecular weight is 271 g/mol. The summed E-state index contributed by atoms with van der Waals surface area (Å²) in [6.45, 7) is 6.13. The van der Waals surface area contributed by atoms with E-state index in [0.717, 1.165) is 22.6 Å². The first kappa shape index (κ1) is 13.6. The normalized spacial score (nSPS) is 10.3. The second kappa shape index (κ2) is 5.41. The van der Waals surface area contributed by atoms with E-state index in [0.29, 0.717) is 4.99 Å². The minimum absolute atomic E-state index is 0.412. The summed E-state index contributed by atoms with van der Waals surface area (Å²) in [5.41, 5.74) is 10.0. The van der Waals surface area contributed by atoms with E-state index in [1.54, 1.807) is 0 Å². The molecule has 0 spiro atoms. The van der Waals surface area contributed by atoms with Crippen molar-refractivity contribution in [3.05, 3.63) is 58.7 Å². The number of nitrogens with two attached hydrogens (primary N) is 1. The second-order valence-electron chi connectivity index (χ2n) is 4.69. The van der Waals surface area contributed by atoms with E-state index in [-0.39, 0.29) is 0 Å². The van der Waals surface area contributed by atoms with Crippen molar-refractivity contribution in [3.8, 4) is 11.5 Å². The zero-order chi connectivity index (χ0) is 14.0. The number of benzene rings is 2. The number of hydrogen-bond donors (Lipinski definition) is 1. The minimum atomic E-state index is 0.412. The van der Waals surface area contributed by atoms with Gasteiger partial charge < -0.3 is 10.5 Å². The van der Waals surface area contributed by atoms with Crippen molar-refractivity contribution < 1.29 is 4.74 Å². The van der Waals surface area contributed by atoms with Crippen LogP contribution in [0.4, 0.5) is 0 Å². The topological polar surface area (TPSA) is 35.2 Å². The predicted molar refractivity (Wildman–Crippen MR) is 83.1 cm³/mol. The fraction of sp³-hybridized carbons (Fsp3) is 0.188. The highest BCUT2D eigenvalue weighted by molar-refractivity contribution is 7.80. The Kier molecular flexibility index (Phi) is 3.86. The average Bonchev–Trinajstić information content (AvgIpc) is 2.33. The van der Waals surface area contributed by atoms with Gasteiger partial charge in [0.25, 0.3) is 0 Å². The standard InChI is InChI=1S/C16H17NOS/c1-10-4-5-13(8-11(10)2)18-14-6-7-15(16(17)19)12(3)9-14/h4-9H,1-3H3,(H2,17,19). The number of thiocarbonyl (C=S) groups is 1. The maximum absolute atomic E-state index is 5.85. The Morgan fingerprint density at radius 2 is 1.47 bits per heavy atom. The molecule has 98 valence electrons. The molecule has 0 bridgehead atoms. The number of hydrogen-bond acceptors (Lipinski definition) is 2. The summed E-state index contributed by atoms with van der Waals surface area (Å²) < 4.78 is 5.85. The molecule has 0 aliphatic heterocycles. The monoisotopic (exact) mass is 271 g/mol. The molecule has 0 heterocycles. The van der Waals surface area contributed by atoms with Crippen molar-refractivity contribution in [2.75, 3.05) is 0 Å². The van der Waals surface area contributed by atoms with Gasteiger partial charge in [-0.3, -0.25) is 0 Å². The largest absolute Gasteiger partial charge is 0.457 e. The van der Waals surface area contributed by atoms with Gasteiger partial charge in [-0.25, -0.2) is 0 Å². The second-order valence-corrected chi connectivity index (χ2v) is 5.13. The van der Waals surface area contributed by atoms with Gasteiger partial charge in [0.15, 0.2) is 0 Å². The third kappa shape index (κ3) is 3.12. The molecule has 0 saturated heterocycles. The number of aryl methyl sites for hydroxylation is 3. The molecule has 19 heavy (non-hydrogen) atoms. The Labute approximate surface area is 119 Å². The Morgan fingerprint density at radius 1 is 0.895 bits per heavy atom. The zero-order valence-electron chi connectivity index (χ0n) is 11.4. The fourth-order valence-corrected chi connectivity index (χ4v) is 2.12. The van der Waals surface area contributed by atoms with Crippen LogP contribution in [0.15, 0.2) is 36.4 Å². The van der Waals surface area contributed by atoms with Crippen LogP contribution < -0.4 is 10.5 Å².